The van der Waals surface area contributed by atoms with Crippen molar-refractivity contribution in [3.8, 4) is 11.5 Å². The number of carbonyl (C=O) groups excluding carboxylic acids is 2. The molecule has 2 N–H and O–H groups in total. The molecule has 6 nitrogen and oxygen atoms in total. The number of thiocarbonyl (C=S) groups is 1. The third-order valence-electron chi connectivity index (χ3n) is 4.25. The Morgan fingerprint density at radius 3 is 2.23 bits per heavy atom. The molecule has 1 fully saturated rings. The van der Waals surface area contributed by atoms with Crippen molar-refractivity contribution in [3.05, 3.63) is 63.2 Å². The number of carbonyl (C=O) groups is 2. The van der Waals surface area contributed by atoms with Crippen molar-refractivity contribution in [1.29, 1.82) is 0 Å². The molecule has 0 aromatic heterocycles. The van der Waals surface area contributed by atoms with Crippen LogP contribution in [0.25, 0.3) is 6.08 Å². The van der Waals surface area contributed by atoms with E-state index in [1.165, 1.54) is 6.08 Å². The van der Waals surface area contributed by atoms with Crippen LogP contribution in [0.2, 0.25) is 5.02 Å². The highest BCUT2D eigenvalue weighted by molar-refractivity contribution is 7.80. The van der Waals surface area contributed by atoms with Gasteiger partial charge in [-0.05, 0) is 62.3 Å². The smallest absolute Gasteiger partial charge is 0.263 e. The molecule has 0 radical (unpaired) electrons. The van der Waals surface area contributed by atoms with Gasteiger partial charge in [-0.25, -0.2) is 0 Å². The molecule has 0 atom stereocenters. The lowest BCUT2D eigenvalue weighted by molar-refractivity contribution is -0.123. The summed E-state index contributed by atoms with van der Waals surface area (Å²) in [5.74, 6) is -0.326. The SMILES string of the molecule is CCOc1cc(C=C2C(=O)NC(=S)NC2=O)cc(Cl)c1OCc1cc(C)cc(C)c1. The summed E-state index contributed by atoms with van der Waals surface area (Å²) < 4.78 is 11.7. The molecule has 0 saturated carbocycles. The number of halogens is 1. The van der Waals surface area contributed by atoms with Crippen molar-refractivity contribution < 1.29 is 19.1 Å². The Kier molecular flexibility index (Phi) is 6.74. The third kappa shape index (κ3) is 5.17. The van der Waals surface area contributed by atoms with Gasteiger partial charge in [0.1, 0.15) is 12.2 Å². The summed E-state index contributed by atoms with van der Waals surface area (Å²) in [6.07, 6.45) is 1.43. The molecule has 0 aliphatic carbocycles. The highest BCUT2D eigenvalue weighted by atomic mass is 35.5. The van der Waals surface area contributed by atoms with Crippen molar-refractivity contribution in [2.24, 2.45) is 0 Å². The Bertz CT molecular complexity index is 1020. The second-order valence-corrected chi connectivity index (χ2v) is 7.66. The number of hydrogen-bond donors (Lipinski definition) is 2. The summed E-state index contributed by atoms with van der Waals surface area (Å²) in [6.45, 7) is 6.62. The number of aryl methyl sites for hydroxylation is 2. The fourth-order valence-corrected chi connectivity index (χ4v) is 3.61. The molecule has 1 aliphatic rings. The number of ether oxygens (including phenoxy) is 2. The van der Waals surface area contributed by atoms with Crippen LogP contribution >= 0.6 is 23.8 Å². The quantitative estimate of drug-likeness (QED) is 0.402. The monoisotopic (exact) mass is 444 g/mol. The van der Waals surface area contributed by atoms with Crippen molar-refractivity contribution in [2.75, 3.05) is 6.61 Å². The lowest BCUT2D eigenvalue weighted by Crippen LogP contribution is -2.51. The average molecular weight is 445 g/mol. The maximum Gasteiger partial charge on any atom is 0.263 e. The van der Waals surface area contributed by atoms with Crippen LogP contribution in [0.3, 0.4) is 0 Å². The first-order valence-corrected chi connectivity index (χ1v) is 10.1. The molecular weight excluding hydrogens is 424 g/mol. The third-order valence-corrected chi connectivity index (χ3v) is 4.74. The van der Waals surface area contributed by atoms with Gasteiger partial charge < -0.3 is 9.47 Å². The lowest BCUT2D eigenvalue weighted by atomic mass is 10.1. The van der Waals surface area contributed by atoms with Gasteiger partial charge in [-0.1, -0.05) is 40.9 Å². The molecule has 3 rings (SSSR count). The molecule has 1 saturated heterocycles. The summed E-state index contributed by atoms with van der Waals surface area (Å²) in [5.41, 5.74) is 3.76. The van der Waals surface area contributed by atoms with Crippen LogP contribution in [0.1, 0.15) is 29.2 Å². The highest BCUT2D eigenvalue weighted by Gasteiger charge is 2.26. The molecule has 0 unspecified atom stereocenters. The van der Waals surface area contributed by atoms with E-state index in [0.29, 0.717) is 35.3 Å². The maximum atomic E-state index is 12.1. The summed E-state index contributed by atoms with van der Waals surface area (Å²) in [7, 11) is 0. The van der Waals surface area contributed by atoms with Crippen LogP contribution in [0, 0.1) is 13.8 Å². The Balaban J connectivity index is 1.90. The van der Waals surface area contributed by atoms with E-state index in [4.69, 9.17) is 33.3 Å². The van der Waals surface area contributed by atoms with Gasteiger partial charge in [0, 0.05) is 0 Å². The standard InChI is InChI=1S/C22H21ClN2O4S/c1-4-28-18-10-14(8-16-20(26)24-22(30)25-21(16)27)9-17(23)19(18)29-11-15-6-12(2)5-13(3)7-15/h5-10H,4,11H2,1-3H3,(H2,24,25,26,27,30). The number of nitrogens with one attached hydrogen (secondary N) is 2. The number of rotatable bonds is 6. The highest BCUT2D eigenvalue weighted by Crippen LogP contribution is 2.38. The van der Waals surface area contributed by atoms with Crippen LogP contribution in [0.4, 0.5) is 0 Å². The molecule has 2 amide bonds. The van der Waals surface area contributed by atoms with Gasteiger partial charge in [0.05, 0.1) is 11.6 Å². The molecule has 2 aromatic carbocycles. The molecule has 30 heavy (non-hydrogen) atoms. The van der Waals surface area contributed by atoms with E-state index in [0.717, 1.165) is 16.7 Å². The van der Waals surface area contributed by atoms with Crippen molar-refractivity contribution in [1.82, 2.24) is 10.6 Å². The van der Waals surface area contributed by atoms with E-state index in [1.54, 1.807) is 12.1 Å². The molecule has 0 bridgehead atoms. The van der Waals surface area contributed by atoms with Crippen LogP contribution in [0.5, 0.6) is 11.5 Å². The maximum absolute atomic E-state index is 12.1. The topological polar surface area (TPSA) is 76.7 Å². The normalized spacial score (nSPS) is 13.6. The fraction of sp³-hybridized carbons (Fsp3) is 0.227. The Hall–Kier alpha value is -2.90. The number of hydrogen-bond acceptors (Lipinski definition) is 5. The first kappa shape index (κ1) is 21.8. The first-order chi connectivity index (χ1) is 14.3. The second-order valence-electron chi connectivity index (χ2n) is 6.84. The van der Waals surface area contributed by atoms with Gasteiger partial charge in [-0.2, -0.15) is 0 Å². The van der Waals surface area contributed by atoms with Crippen LogP contribution in [0.15, 0.2) is 35.9 Å². The zero-order valence-electron chi connectivity index (χ0n) is 16.8. The van der Waals surface area contributed by atoms with Crippen LogP contribution < -0.4 is 20.1 Å². The van der Waals surface area contributed by atoms with Crippen LogP contribution in [-0.2, 0) is 16.2 Å². The minimum absolute atomic E-state index is 0.0229. The molecule has 0 spiro atoms. The van der Waals surface area contributed by atoms with Gasteiger partial charge >= 0.3 is 0 Å². The molecule has 156 valence electrons. The minimum Gasteiger partial charge on any atom is -0.490 e. The minimum atomic E-state index is -0.576. The molecule has 2 aromatic rings. The van der Waals surface area contributed by atoms with E-state index in [9.17, 15) is 9.59 Å². The Morgan fingerprint density at radius 1 is 1.00 bits per heavy atom. The first-order valence-electron chi connectivity index (χ1n) is 9.31. The van der Waals surface area contributed by atoms with Gasteiger partial charge in [0.15, 0.2) is 16.6 Å². The van der Waals surface area contributed by atoms with Crippen molar-refractivity contribution in [2.45, 2.75) is 27.4 Å². The van der Waals surface area contributed by atoms with Crippen LogP contribution in [-0.4, -0.2) is 23.5 Å². The molecule has 1 aliphatic heterocycles. The summed E-state index contributed by atoms with van der Waals surface area (Å²) in [5, 5.41) is 5.08. The number of benzene rings is 2. The largest absolute Gasteiger partial charge is 0.490 e. The molecule has 1 heterocycles. The Labute approximate surface area is 185 Å². The van der Waals surface area contributed by atoms with Gasteiger partial charge in [-0.3, -0.25) is 20.2 Å². The summed E-state index contributed by atoms with van der Waals surface area (Å²) >= 11 is 11.3. The predicted molar refractivity (Wildman–Crippen MR) is 120 cm³/mol. The fourth-order valence-electron chi connectivity index (χ4n) is 3.16. The van der Waals surface area contributed by atoms with Crippen molar-refractivity contribution >= 4 is 46.8 Å². The van der Waals surface area contributed by atoms with E-state index in [-0.39, 0.29) is 10.7 Å². The summed E-state index contributed by atoms with van der Waals surface area (Å²) in [6, 6.07) is 9.47. The van der Waals surface area contributed by atoms with Crippen molar-refractivity contribution in [3.63, 3.8) is 0 Å². The van der Waals surface area contributed by atoms with E-state index in [2.05, 4.69) is 16.7 Å². The zero-order chi connectivity index (χ0) is 21.8. The van der Waals surface area contributed by atoms with Gasteiger partial charge in [0.2, 0.25) is 0 Å². The zero-order valence-corrected chi connectivity index (χ0v) is 18.4. The van der Waals surface area contributed by atoms with E-state index >= 15 is 0 Å². The lowest BCUT2D eigenvalue weighted by Gasteiger charge is -2.17. The van der Waals surface area contributed by atoms with E-state index < -0.39 is 11.8 Å². The van der Waals surface area contributed by atoms with Gasteiger partial charge in [0.25, 0.3) is 11.8 Å². The summed E-state index contributed by atoms with van der Waals surface area (Å²) in [4.78, 5) is 24.2. The number of amides is 2. The second kappa shape index (κ2) is 9.28. The average Bonchev–Trinajstić information content (AvgIpc) is 2.63. The van der Waals surface area contributed by atoms with E-state index in [1.807, 2.05) is 32.9 Å². The predicted octanol–water partition coefficient (Wildman–Crippen LogP) is 3.85. The molecular formula is C22H21ClN2O4S. The Morgan fingerprint density at radius 2 is 1.63 bits per heavy atom. The molecule has 8 heteroatoms. The van der Waals surface area contributed by atoms with Gasteiger partial charge in [-0.15, -0.1) is 0 Å².